The van der Waals surface area contributed by atoms with Gasteiger partial charge in [-0.25, -0.2) is 0 Å². The number of hydrogen-bond acceptors (Lipinski definition) is 5. The van der Waals surface area contributed by atoms with Crippen LogP contribution in [0.5, 0.6) is 5.75 Å². The first-order chi connectivity index (χ1) is 15.3. The summed E-state index contributed by atoms with van der Waals surface area (Å²) in [6, 6.07) is 12.7. The molecule has 3 aromatic rings. The number of likely N-dealkylation sites (tertiary alicyclic amines) is 1. The van der Waals surface area contributed by atoms with Crippen molar-refractivity contribution in [1.82, 2.24) is 15.1 Å². The Hall–Kier alpha value is -2.68. The van der Waals surface area contributed by atoms with Crippen molar-refractivity contribution in [1.29, 1.82) is 0 Å². The molecule has 0 saturated carbocycles. The van der Waals surface area contributed by atoms with E-state index in [4.69, 9.17) is 4.74 Å². The van der Waals surface area contributed by atoms with Crippen molar-refractivity contribution in [3.05, 3.63) is 64.9 Å². The molecular formula is C24H27BrN4O3. The highest BCUT2D eigenvalue weighted by molar-refractivity contribution is 9.10. The molecule has 1 fully saturated rings. The van der Waals surface area contributed by atoms with Gasteiger partial charge in [0.15, 0.2) is 5.60 Å². The Kier molecular flexibility index (Phi) is 6.64. The van der Waals surface area contributed by atoms with E-state index < -0.39 is 11.5 Å². The van der Waals surface area contributed by atoms with E-state index in [1.807, 2.05) is 24.4 Å². The van der Waals surface area contributed by atoms with Crippen LogP contribution in [0, 0.1) is 0 Å². The van der Waals surface area contributed by atoms with Crippen LogP contribution < -0.4 is 10.1 Å². The molecule has 168 valence electrons. The van der Waals surface area contributed by atoms with Crippen molar-refractivity contribution >= 4 is 27.5 Å². The molecule has 2 aromatic carbocycles. The Balaban J connectivity index is 1.60. The number of nitrogens with zero attached hydrogens (tertiary/aromatic N) is 2. The van der Waals surface area contributed by atoms with Crippen molar-refractivity contribution in [3.63, 3.8) is 0 Å². The fourth-order valence-electron chi connectivity index (χ4n) is 3.74. The molecule has 7 nitrogen and oxygen atoms in total. The first kappa shape index (κ1) is 22.5. The van der Waals surface area contributed by atoms with Gasteiger partial charge in [-0.2, -0.15) is 5.10 Å². The molecule has 1 aliphatic heterocycles. The zero-order valence-electron chi connectivity index (χ0n) is 18.1. The number of anilines is 1. The van der Waals surface area contributed by atoms with Crippen LogP contribution in [-0.4, -0.2) is 52.4 Å². The van der Waals surface area contributed by atoms with E-state index >= 15 is 0 Å². The van der Waals surface area contributed by atoms with Gasteiger partial charge < -0.3 is 20.1 Å². The number of ether oxygens (including phenoxy) is 1. The van der Waals surface area contributed by atoms with E-state index in [1.165, 1.54) is 6.92 Å². The van der Waals surface area contributed by atoms with Crippen molar-refractivity contribution < 1.29 is 14.6 Å². The predicted molar refractivity (Wildman–Crippen MR) is 128 cm³/mol. The molecule has 0 bridgehead atoms. The Morgan fingerprint density at radius 2 is 1.94 bits per heavy atom. The fourth-order valence-corrected chi connectivity index (χ4v) is 4.01. The third-order valence-corrected chi connectivity index (χ3v) is 6.40. The van der Waals surface area contributed by atoms with Crippen molar-refractivity contribution in [2.24, 2.45) is 0 Å². The number of benzene rings is 2. The largest absolute Gasteiger partial charge is 0.488 e. The second-order valence-electron chi connectivity index (χ2n) is 8.35. The molecule has 1 atom stereocenters. The minimum absolute atomic E-state index is 0.0634. The third kappa shape index (κ3) is 5.03. The minimum atomic E-state index is -1.70. The van der Waals surface area contributed by atoms with Gasteiger partial charge in [0, 0.05) is 29.3 Å². The summed E-state index contributed by atoms with van der Waals surface area (Å²) >= 11 is 3.38. The van der Waals surface area contributed by atoms with Gasteiger partial charge in [-0.05, 0) is 62.2 Å². The highest BCUT2D eigenvalue weighted by Crippen LogP contribution is 2.34. The van der Waals surface area contributed by atoms with Crippen molar-refractivity contribution in [3.8, 4) is 16.9 Å². The van der Waals surface area contributed by atoms with Crippen LogP contribution in [0.15, 0.2) is 59.3 Å². The zero-order chi connectivity index (χ0) is 22.7. The number of hydrogen-bond donors (Lipinski definition) is 3. The van der Waals surface area contributed by atoms with Crippen LogP contribution in [0.4, 0.5) is 5.69 Å². The Morgan fingerprint density at radius 1 is 1.22 bits per heavy atom. The van der Waals surface area contributed by atoms with E-state index in [2.05, 4.69) is 43.4 Å². The molecule has 32 heavy (non-hydrogen) atoms. The van der Waals surface area contributed by atoms with Gasteiger partial charge in [0.2, 0.25) is 0 Å². The molecule has 0 spiro atoms. The number of aliphatic hydroxyl groups is 1. The number of carbonyl (C=O) groups excluding carboxylic acids is 1. The van der Waals surface area contributed by atoms with Crippen LogP contribution in [0.25, 0.3) is 11.1 Å². The lowest BCUT2D eigenvalue weighted by Gasteiger charge is -2.30. The van der Waals surface area contributed by atoms with E-state index in [0.29, 0.717) is 17.0 Å². The average Bonchev–Trinajstić information content (AvgIpc) is 3.32. The van der Waals surface area contributed by atoms with Crippen LogP contribution in [0.3, 0.4) is 0 Å². The standard InChI is InChI=1S/C24H27BrN4O3/c1-24(31,18-4-6-19(25)7-5-18)23(30)28-21-8-3-16(17-14-26-27-15-17)13-22(21)32-20-9-11-29(2)12-10-20/h3-8,13-15,20,31H,9-12H2,1-2H3,(H,26,27)(H,28,30)/t24-/m1/s1. The second kappa shape index (κ2) is 9.44. The molecule has 3 N–H and O–H groups in total. The summed E-state index contributed by atoms with van der Waals surface area (Å²) in [4.78, 5) is 15.3. The molecule has 0 radical (unpaired) electrons. The fraction of sp³-hybridized carbons (Fsp3) is 0.333. The maximum Gasteiger partial charge on any atom is 0.260 e. The molecule has 0 aliphatic carbocycles. The summed E-state index contributed by atoms with van der Waals surface area (Å²) in [5.74, 6) is 0.0577. The number of halogens is 1. The van der Waals surface area contributed by atoms with Crippen molar-refractivity contribution in [2.75, 3.05) is 25.5 Å². The van der Waals surface area contributed by atoms with Gasteiger partial charge >= 0.3 is 0 Å². The SMILES string of the molecule is CN1CCC(Oc2cc(-c3cn[nH]c3)ccc2NC(=O)[C@](C)(O)c2ccc(Br)cc2)CC1. The summed E-state index contributed by atoms with van der Waals surface area (Å²) in [5.41, 5.74) is 1.19. The lowest BCUT2D eigenvalue weighted by atomic mass is 9.95. The van der Waals surface area contributed by atoms with Crippen molar-refractivity contribution in [2.45, 2.75) is 31.5 Å². The van der Waals surface area contributed by atoms with Gasteiger partial charge in [-0.15, -0.1) is 0 Å². The van der Waals surface area contributed by atoms with Crippen LogP contribution in [0.1, 0.15) is 25.3 Å². The van der Waals surface area contributed by atoms with E-state index in [9.17, 15) is 9.90 Å². The lowest BCUT2D eigenvalue weighted by Crippen LogP contribution is -2.38. The first-order valence-corrected chi connectivity index (χ1v) is 11.4. The molecule has 1 aromatic heterocycles. The molecule has 1 saturated heterocycles. The molecule has 2 heterocycles. The number of piperidine rings is 1. The molecule has 0 unspecified atom stereocenters. The predicted octanol–water partition coefficient (Wildman–Crippen LogP) is 4.16. The van der Waals surface area contributed by atoms with Gasteiger partial charge in [0.05, 0.1) is 11.9 Å². The highest BCUT2D eigenvalue weighted by atomic mass is 79.9. The summed E-state index contributed by atoms with van der Waals surface area (Å²) in [6.45, 7) is 3.42. The Bertz CT molecular complexity index is 1060. The average molecular weight is 499 g/mol. The number of amides is 1. The number of aromatic amines is 1. The molecule has 8 heteroatoms. The summed E-state index contributed by atoms with van der Waals surface area (Å²) in [5, 5.41) is 20.7. The number of rotatable bonds is 6. The second-order valence-corrected chi connectivity index (χ2v) is 9.27. The lowest BCUT2D eigenvalue weighted by molar-refractivity contribution is -0.133. The zero-order valence-corrected chi connectivity index (χ0v) is 19.7. The highest BCUT2D eigenvalue weighted by Gasteiger charge is 2.33. The van der Waals surface area contributed by atoms with Crippen LogP contribution in [0.2, 0.25) is 0 Å². The number of aromatic nitrogens is 2. The molecular weight excluding hydrogens is 472 g/mol. The van der Waals surface area contributed by atoms with Gasteiger partial charge in [-0.3, -0.25) is 9.89 Å². The molecule has 1 amide bonds. The monoisotopic (exact) mass is 498 g/mol. The van der Waals surface area contributed by atoms with E-state index in [-0.39, 0.29) is 6.10 Å². The summed E-state index contributed by atoms with van der Waals surface area (Å²) < 4.78 is 7.22. The molecule has 1 aliphatic rings. The van der Waals surface area contributed by atoms with Gasteiger partial charge in [0.25, 0.3) is 5.91 Å². The van der Waals surface area contributed by atoms with E-state index in [1.54, 1.807) is 30.5 Å². The van der Waals surface area contributed by atoms with Gasteiger partial charge in [0.1, 0.15) is 11.9 Å². The quantitative estimate of drug-likeness (QED) is 0.474. The Morgan fingerprint density at radius 3 is 2.59 bits per heavy atom. The Labute approximate surface area is 195 Å². The smallest absolute Gasteiger partial charge is 0.260 e. The topological polar surface area (TPSA) is 90.5 Å². The maximum atomic E-state index is 13.1. The molecule has 4 rings (SSSR count). The van der Waals surface area contributed by atoms with Crippen LogP contribution >= 0.6 is 15.9 Å². The normalized spacial score (nSPS) is 17.0. The third-order valence-electron chi connectivity index (χ3n) is 5.87. The maximum absolute atomic E-state index is 13.1. The number of H-pyrrole nitrogens is 1. The first-order valence-electron chi connectivity index (χ1n) is 10.6. The number of nitrogens with one attached hydrogen (secondary N) is 2. The van der Waals surface area contributed by atoms with Gasteiger partial charge in [-0.1, -0.05) is 34.1 Å². The van der Waals surface area contributed by atoms with Crippen LogP contribution in [-0.2, 0) is 10.4 Å². The minimum Gasteiger partial charge on any atom is -0.488 e. The van der Waals surface area contributed by atoms with E-state index in [0.717, 1.165) is 41.5 Å². The number of carbonyl (C=O) groups is 1. The summed E-state index contributed by atoms with van der Waals surface area (Å²) in [6.07, 6.45) is 5.44. The summed E-state index contributed by atoms with van der Waals surface area (Å²) in [7, 11) is 2.10.